The van der Waals surface area contributed by atoms with E-state index in [0.29, 0.717) is 0 Å². The molecule has 1 atom stereocenters. The minimum atomic E-state index is -1.07. The molecule has 0 bridgehead atoms. The lowest BCUT2D eigenvalue weighted by atomic mass is 10.1. The molecule has 8 heteroatoms. The van der Waals surface area contributed by atoms with Crippen LogP contribution < -0.4 is 11.5 Å². The van der Waals surface area contributed by atoms with Crippen molar-refractivity contribution < 1.29 is 13.6 Å². The molecule has 0 fully saturated rings. The molecule has 1 aromatic carbocycles. The average molecular weight is 310 g/mol. The van der Waals surface area contributed by atoms with Crippen LogP contribution in [-0.2, 0) is 0 Å². The van der Waals surface area contributed by atoms with Gasteiger partial charge in [0, 0.05) is 11.6 Å². The van der Waals surface area contributed by atoms with E-state index >= 15 is 0 Å². The fourth-order valence-electron chi connectivity index (χ4n) is 1.61. The Morgan fingerprint density at radius 3 is 2.33 bits per heavy atom. The summed E-state index contributed by atoms with van der Waals surface area (Å²) in [5.74, 6) is -2.06. The van der Waals surface area contributed by atoms with Crippen molar-refractivity contribution >= 4 is 29.2 Å². The van der Waals surface area contributed by atoms with Gasteiger partial charge in [-0.3, -0.25) is 4.79 Å². The number of benzene rings is 1. The number of hydrogen-bond acceptors (Lipinski definition) is 6. The van der Waals surface area contributed by atoms with Gasteiger partial charge in [0.1, 0.15) is 11.6 Å². The lowest BCUT2D eigenvalue weighted by molar-refractivity contribution is 0.0993. The van der Waals surface area contributed by atoms with Gasteiger partial charge in [-0.1, -0.05) is 11.8 Å². The lowest BCUT2D eigenvalue weighted by Gasteiger charge is -2.10. The number of anilines is 2. The molecule has 0 saturated heterocycles. The fourth-order valence-corrected chi connectivity index (χ4v) is 2.49. The summed E-state index contributed by atoms with van der Waals surface area (Å²) in [5.41, 5.74) is 11.2. The summed E-state index contributed by atoms with van der Waals surface area (Å²) in [7, 11) is 0. The quantitative estimate of drug-likeness (QED) is 0.511. The Morgan fingerprint density at radius 2 is 1.76 bits per heavy atom. The molecule has 0 aliphatic carbocycles. The highest BCUT2D eigenvalue weighted by atomic mass is 32.2. The summed E-state index contributed by atoms with van der Waals surface area (Å²) >= 11 is 1.04. The standard InChI is InChI=1S/C13H12F2N4OS/c1-6(21-13-18-10(16)5-11(17)19-13)12(20)7-2-3-8(14)9(15)4-7/h2-6H,1H3,(H4,16,17,18,19)/t6-/m1/s1. The largest absolute Gasteiger partial charge is 0.383 e. The van der Waals surface area contributed by atoms with Gasteiger partial charge < -0.3 is 11.5 Å². The molecule has 1 aromatic heterocycles. The van der Waals surface area contributed by atoms with E-state index in [9.17, 15) is 13.6 Å². The van der Waals surface area contributed by atoms with Crippen LogP contribution in [0.3, 0.4) is 0 Å². The predicted molar refractivity (Wildman–Crippen MR) is 76.9 cm³/mol. The topological polar surface area (TPSA) is 94.9 Å². The minimum Gasteiger partial charge on any atom is -0.383 e. The number of hydrogen-bond donors (Lipinski definition) is 2. The maximum absolute atomic E-state index is 13.1. The molecule has 0 saturated carbocycles. The second kappa shape index (κ2) is 6.04. The number of thioether (sulfide) groups is 1. The van der Waals surface area contributed by atoms with Gasteiger partial charge in [-0.2, -0.15) is 0 Å². The Kier molecular flexibility index (Phi) is 4.37. The number of rotatable bonds is 4. The molecule has 0 amide bonds. The van der Waals surface area contributed by atoms with Gasteiger partial charge in [-0.15, -0.1) is 0 Å². The van der Waals surface area contributed by atoms with Crippen molar-refractivity contribution in [2.75, 3.05) is 11.5 Å². The van der Waals surface area contributed by atoms with Crippen LogP contribution in [0.4, 0.5) is 20.4 Å². The van der Waals surface area contributed by atoms with Crippen LogP contribution in [0.25, 0.3) is 0 Å². The van der Waals surface area contributed by atoms with Gasteiger partial charge in [-0.05, 0) is 25.1 Å². The average Bonchev–Trinajstić information content (AvgIpc) is 2.39. The normalized spacial score (nSPS) is 12.1. The minimum absolute atomic E-state index is 0.0748. The monoisotopic (exact) mass is 310 g/mol. The van der Waals surface area contributed by atoms with Crippen LogP contribution in [0, 0.1) is 11.6 Å². The predicted octanol–water partition coefficient (Wildman–Crippen LogP) is 2.28. The first-order valence-electron chi connectivity index (χ1n) is 5.93. The number of carbonyl (C=O) groups is 1. The highest BCUT2D eigenvalue weighted by molar-refractivity contribution is 8.00. The smallest absolute Gasteiger partial charge is 0.192 e. The van der Waals surface area contributed by atoms with E-state index in [1.807, 2.05) is 0 Å². The molecule has 0 radical (unpaired) electrons. The van der Waals surface area contributed by atoms with Crippen LogP contribution >= 0.6 is 11.8 Å². The number of nitrogen functional groups attached to an aromatic ring is 2. The first-order valence-corrected chi connectivity index (χ1v) is 6.80. The summed E-state index contributed by atoms with van der Waals surface area (Å²) in [4.78, 5) is 20.0. The molecule has 1 heterocycles. The van der Waals surface area contributed by atoms with Gasteiger partial charge in [0.05, 0.1) is 5.25 Å². The van der Waals surface area contributed by atoms with E-state index in [2.05, 4.69) is 9.97 Å². The number of Topliss-reactive ketones (excluding diaryl/α,β-unsaturated/α-hetero) is 1. The molecule has 2 rings (SSSR count). The maximum Gasteiger partial charge on any atom is 0.192 e. The molecule has 0 aliphatic heterocycles. The van der Waals surface area contributed by atoms with Gasteiger partial charge in [0.15, 0.2) is 22.6 Å². The number of nitrogens with zero attached hydrogens (tertiary/aromatic N) is 2. The highest BCUT2D eigenvalue weighted by Crippen LogP contribution is 2.24. The molecule has 0 unspecified atom stereocenters. The van der Waals surface area contributed by atoms with Crippen molar-refractivity contribution in [2.45, 2.75) is 17.3 Å². The lowest BCUT2D eigenvalue weighted by Crippen LogP contribution is -2.15. The van der Waals surface area contributed by atoms with E-state index in [1.165, 1.54) is 12.1 Å². The third-order valence-electron chi connectivity index (χ3n) is 2.60. The zero-order valence-electron chi connectivity index (χ0n) is 11.0. The Hall–Kier alpha value is -2.22. The van der Waals surface area contributed by atoms with E-state index in [0.717, 1.165) is 23.9 Å². The summed E-state index contributed by atoms with van der Waals surface area (Å²) in [5, 5.41) is -0.355. The molecule has 2 aromatic rings. The number of aromatic nitrogens is 2. The third kappa shape index (κ3) is 3.66. The van der Waals surface area contributed by atoms with Crippen LogP contribution in [0.1, 0.15) is 17.3 Å². The molecule has 110 valence electrons. The Morgan fingerprint density at radius 1 is 1.14 bits per heavy atom. The summed E-state index contributed by atoms with van der Waals surface area (Å²) in [6.45, 7) is 1.61. The van der Waals surface area contributed by atoms with E-state index in [-0.39, 0.29) is 28.1 Å². The van der Waals surface area contributed by atoms with Gasteiger partial charge in [0.2, 0.25) is 0 Å². The number of halogens is 2. The van der Waals surface area contributed by atoms with Gasteiger partial charge in [0.25, 0.3) is 0 Å². The van der Waals surface area contributed by atoms with Crippen LogP contribution in [0.5, 0.6) is 0 Å². The molecular weight excluding hydrogens is 298 g/mol. The van der Waals surface area contributed by atoms with Crippen molar-refractivity contribution in [3.05, 3.63) is 41.5 Å². The Balaban J connectivity index is 2.17. The molecule has 0 aliphatic rings. The first kappa shape index (κ1) is 15.2. The zero-order valence-corrected chi connectivity index (χ0v) is 11.8. The van der Waals surface area contributed by atoms with E-state index < -0.39 is 16.9 Å². The van der Waals surface area contributed by atoms with Gasteiger partial charge >= 0.3 is 0 Å². The SMILES string of the molecule is C[C@@H](Sc1nc(N)cc(N)n1)C(=O)c1ccc(F)c(F)c1. The molecule has 5 nitrogen and oxygen atoms in total. The van der Waals surface area contributed by atoms with E-state index in [4.69, 9.17) is 11.5 Å². The Bertz CT molecular complexity index is 676. The van der Waals surface area contributed by atoms with Crippen molar-refractivity contribution in [2.24, 2.45) is 0 Å². The van der Waals surface area contributed by atoms with Crippen LogP contribution in [-0.4, -0.2) is 21.0 Å². The van der Waals surface area contributed by atoms with Crippen molar-refractivity contribution in [1.82, 2.24) is 9.97 Å². The number of nitrogens with two attached hydrogens (primary N) is 2. The van der Waals surface area contributed by atoms with Crippen molar-refractivity contribution in [1.29, 1.82) is 0 Å². The van der Waals surface area contributed by atoms with Crippen LogP contribution in [0.2, 0.25) is 0 Å². The van der Waals surface area contributed by atoms with Crippen LogP contribution in [0.15, 0.2) is 29.4 Å². The third-order valence-corrected chi connectivity index (χ3v) is 3.56. The summed E-state index contributed by atoms with van der Waals surface area (Å²) in [6, 6.07) is 4.40. The summed E-state index contributed by atoms with van der Waals surface area (Å²) < 4.78 is 26.0. The maximum atomic E-state index is 13.1. The zero-order chi connectivity index (χ0) is 15.6. The highest BCUT2D eigenvalue weighted by Gasteiger charge is 2.19. The Labute approximate surface area is 123 Å². The second-order valence-corrected chi connectivity index (χ2v) is 5.56. The van der Waals surface area contributed by atoms with Crippen molar-refractivity contribution in [3.63, 3.8) is 0 Å². The molecular formula is C13H12F2N4OS. The number of carbonyl (C=O) groups excluding carboxylic acids is 1. The second-order valence-electron chi connectivity index (χ2n) is 4.25. The first-order chi connectivity index (χ1) is 9.86. The molecule has 0 spiro atoms. The molecule has 4 N–H and O–H groups in total. The molecule has 21 heavy (non-hydrogen) atoms. The number of ketones is 1. The summed E-state index contributed by atoms with van der Waals surface area (Å²) in [6.07, 6.45) is 0. The van der Waals surface area contributed by atoms with E-state index in [1.54, 1.807) is 6.92 Å². The van der Waals surface area contributed by atoms with Crippen molar-refractivity contribution in [3.8, 4) is 0 Å². The van der Waals surface area contributed by atoms with Gasteiger partial charge in [-0.25, -0.2) is 18.7 Å². The fraction of sp³-hybridized carbons (Fsp3) is 0.154.